The molecule has 0 saturated carbocycles. The number of aromatic amines is 3. The van der Waals surface area contributed by atoms with Crippen LogP contribution in [0.1, 0.15) is 11.1 Å². The fourth-order valence-electron chi connectivity index (χ4n) is 2.25. The molecule has 138 valence electrons. The molecule has 27 heavy (non-hydrogen) atoms. The summed E-state index contributed by atoms with van der Waals surface area (Å²) in [7, 11) is 0. The van der Waals surface area contributed by atoms with Crippen LogP contribution in [0.4, 0.5) is 5.69 Å². The van der Waals surface area contributed by atoms with Crippen molar-refractivity contribution >= 4 is 35.7 Å². The second kappa shape index (κ2) is 7.17. The molecule has 0 aliphatic heterocycles. The zero-order valence-electron chi connectivity index (χ0n) is 13.7. The minimum Gasteiger partial charge on any atom is -0.494 e. The lowest BCUT2D eigenvalue weighted by atomic mass is 10.2. The van der Waals surface area contributed by atoms with Crippen molar-refractivity contribution in [2.24, 2.45) is 4.99 Å². The number of benzene rings is 1. The van der Waals surface area contributed by atoms with E-state index in [1.165, 1.54) is 4.57 Å². The number of aromatic nitrogens is 4. The third kappa shape index (κ3) is 3.66. The van der Waals surface area contributed by atoms with Crippen LogP contribution in [0.25, 0.3) is 5.69 Å². The first-order valence-corrected chi connectivity index (χ1v) is 8.27. The van der Waals surface area contributed by atoms with Crippen molar-refractivity contribution in [1.29, 1.82) is 0 Å². The van der Waals surface area contributed by atoms with Gasteiger partial charge in [0.05, 0.1) is 5.69 Å². The third-order valence-electron chi connectivity index (χ3n) is 3.67. The highest BCUT2D eigenvalue weighted by Gasteiger charge is 2.13. The first-order valence-electron chi connectivity index (χ1n) is 7.49. The predicted molar refractivity (Wildman–Crippen MR) is 104 cm³/mol. The predicted octanol–water partition coefficient (Wildman–Crippen LogP) is 1.69. The van der Waals surface area contributed by atoms with E-state index in [4.69, 9.17) is 23.8 Å². The molecule has 0 atom stereocenters. The Bertz CT molecular complexity index is 1300. The Morgan fingerprint density at radius 3 is 2.63 bits per heavy atom. The molecule has 2 heterocycles. The Kier molecular flexibility index (Phi) is 4.93. The van der Waals surface area contributed by atoms with E-state index in [1.807, 2.05) is 11.9 Å². The van der Waals surface area contributed by atoms with Crippen LogP contribution < -0.4 is 16.8 Å². The van der Waals surface area contributed by atoms with Gasteiger partial charge in [0.2, 0.25) is 5.88 Å². The SMILES string of the molecule is Cc1ccc(-n2c(O)c(C=Nc3c[nH]c(=O)[nH]c3=O)c(=O)[nH]c2=S)cc1Cl. The number of halogens is 1. The number of aromatic hydroxyl groups is 1. The number of rotatable bonds is 3. The Labute approximate surface area is 160 Å². The monoisotopic (exact) mass is 405 g/mol. The molecule has 0 aliphatic carbocycles. The minimum absolute atomic E-state index is 0.0449. The molecule has 1 aromatic carbocycles. The molecular weight excluding hydrogens is 394 g/mol. The highest BCUT2D eigenvalue weighted by Crippen LogP contribution is 2.23. The van der Waals surface area contributed by atoms with Crippen LogP contribution in [-0.4, -0.2) is 30.8 Å². The van der Waals surface area contributed by atoms with Crippen LogP contribution in [0.3, 0.4) is 0 Å². The van der Waals surface area contributed by atoms with Crippen molar-refractivity contribution in [3.05, 3.63) is 76.5 Å². The molecule has 0 bridgehead atoms. The molecule has 0 saturated heterocycles. The average molecular weight is 406 g/mol. The number of nitrogens with zero attached hydrogens (tertiary/aromatic N) is 2. The van der Waals surface area contributed by atoms with Gasteiger partial charge in [0.1, 0.15) is 11.3 Å². The zero-order valence-corrected chi connectivity index (χ0v) is 15.3. The quantitative estimate of drug-likeness (QED) is 0.388. The Morgan fingerprint density at radius 1 is 1.22 bits per heavy atom. The van der Waals surface area contributed by atoms with Crippen LogP contribution >= 0.6 is 23.8 Å². The third-order valence-corrected chi connectivity index (χ3v) is 4.36. The molecule has 4 N–H and O–H groups in total. The van der Waals surface area contributed by atoms with Crippen molar-refractivity contribution in [1.82, 2.24) is 19.5 Å². The second-order valence-corrected chi connectivity index (χ2v) is 6.27. The summed E-state index contributed by atoms with van der Waals surface area (Å²) in [5.41, 5.74) is -1.26. The first-order chi connectivity index (χ1) is 12.8. The van der Waals surface area contributed by atoms with Gasteiger partial charge in [-0.1, -0.05) is 17.7 Å². The topological polar surface area (TPSA) is 136 Å². The summed E-state index contributed by atoms with van der Waals surface area (Å²) in [6.45, 7) is 1.82. The van der Waals surface area contributed by atoms with Gasteiger partial charge in [-0.3, -0.25) is 24.1 Å². The molecule has 0 spiro atoms. The number of hydrogen-bond acceptors (Lipinski definition) is 6. The van der Waals surface area contributed by atoms with Gasteiger partial charge in [-0.05, 0) is 36.8 Å². The smallest absolute Gasteiger partial charge is 0.325 e. The van der Waals surface area contributed by atoms with E-state index in [1.54, 1.807) is 18.2 Å². The van der Waals surface area contributed by atoms with Gasteiger partial charge < -0.3 is 10.1 Å². The molecule has 0 radical (unpaired) electrons. The summed E-state index contributed by atoms with van der Waals surface area (Å²) in [6.07, 6.45) is 2.08. The summed E-state index contributed by atoms with van der Waals surface area (Å²) < 4.78 is 1.16. The molecule has 9 nitrogen and oxygen atoms in total. The number of aliphatic imine (C=N–C) groups is 1. The maximum absolute atomic E-state index is 12.2. The van der Waals surface area contributed by atoms with E-state index in [0.29, 0.717) is 10.7 Å². The Morgan fingerprint density at radius 2 is 1.96 bits per heavy atom. The van der Waals surface area contributed by atoms with E-state index in [-0.39, 0.29) is 16.0 Å². The maximum atomic E-state index is 12.2. The molecule has 2 aromatic heterocycles. The number of hydrogen-bond donors (Lipinski definition) is 4. The van der Waals surface area contributed by atoms with E-state index >= 15 is 0 Å². The lowest BCUT2D eigenvalue weighted by Gasteiger charge is -2.12. The van der Waals surface area contributed by atoms with E-state index in [2.05, 4.69) is 15.0 Å². The highest BCUT2D eigenvalue weighted by atomic mass is 35.5. The Hall–Kier alpha value is -3.24. The van der Waals surface area contributed by atoms with Crippen LogP contribution in [0.5, 0.6) is 5.88 Å². The summed E-state index contributed by atoms with van der Waals surface area (Å²) in [5, 5.41) is 11.0. The van der Waals surface area contributed by atoms with Gasteiger partial charge in [-0.25, -0.2) is 9.79 Å². The zero-order chi connectivity index (χ0) is 19.7. The van der Waals surface area contributed by atoms with Gasteiger partial charge in [0.15, 0.2) is 4.77 Å². The molecular formula is C16H12ClN5O4S. The second-order valence-electron chi connectivity index (χ2n) is 5.48. The van der Waals surface area contributed by atoms with Crippen molar-refractivity contribution < 1.29 is 5.11 Å². The number of nitrogens with one attached hydrogen (secondary N) is 3. The molecule has 0 aliphatic rings. The largest absolute Gasteiger partial charge is 0.494 e. The summed E-state index contributed by atoms with van der Waals surface area (Å²) in [5.74, 6) is -0.478. The molecule has 3 rings (SSSR count). The molecule has 3 aromatic rings. The summed E-state index contributed by atoms with van der Waals surface area (Å²) in [4.78, 5) is 45.4. The standard InChI is InChI=1S/C16H12ClN5O4S/c1-7-2-3-8(4-10(7)17)22-14(25)9(12(23)21-16(22)27)5-18-11-6-19-15(26)20-13(11)24/h2-6,25H,1H3,(H,21,23,27)(H2,19,20,24,26). The van der Waals surface area contributed by atoms with Crippen LogP contribution in [0, 0.1) is 11.7 Å². The highest BCUT2D eigenvalue weighted by molar-refractivity contribution is 7.71. The number of H-pyrrole nitrogens is 3. The van der Waals surface area contributed by atoms with E-state index < -0.39 is 22.7 Å². The number of aryl methyl sites for hydroxylation is 1. The van der Waals surface area contributed by atoms with Crippen molar-refractivity contribution in [2.45, 2.75) is 6.92 Å². The average Bonchev–Trinajstić information content (AvgIpc) is 2.59. The van der Waals surface area contributed by atoms with Gasteiger partial charge in [0, 0.05) is 17.4 Å². The maximum Gasteiger partial charge on any atom is 0.325 e. The summed E-state index contributed by atoms with van der Waals surface area (Å²) in [6, 6.07) is 4.98. The van der Waals surface area contributed by atoms with Gasteiger partial charge in [-0.15, -0.1) is 0 Å². The van der Waals surface area contributed by atoms with Crippen molar-refractivity contribution in [3.8, 4) is 11.6 Å². The van der Waals surface area contributed by atoms with Crippen LogP contribution in [0.15, 0.2) is 43.8 Å². The fourth-order valence-corrected chi connectivity index (χ4v) is 2.71. The van der Waals surface area contributed by atoms with E-state index in [0.717, 1.165) is 18.0 Å². The normalized spacial score (nSPS) is 11.2. The van der Waals surface area contributed by atoms with Gasteiger partial charge in [-0.2, -0.15) is 0 Å². The van der Waals surface area contributed by atoms with Crippen LogP contribution in [0.2, 0.25) is 5.02 Å². The van der Waals surface area contributed by atoms with Crippen molar-refractivity contribution in [3.63, 3.8) is 0 Å². The molecule has 0 amide bonds. The first kappa shape index (κ1) is 18.5. The van der Waals surface area contributed by atoms with Crippen molar-refractivity contribution in [2.75, 3.05) is 0 Å². The molecule has 0 fully saturated rings. The minimum atomic E-state index is -0.746. The summed E-state index contributed by atoms with van der Waals surface area (Å²) >= 11 is 11.2. The Balaban J connectivity index is 2.17. The molecule has 11 heteroatoms. The lowest BCUT2D eigenvalue weighted by Crippen LogP contribution is -2.21. The van der Waals surface area contributed by atoms with Gasteiger partial charge in [0.25, 0.3) is 11.1 Å². The molecule has 0 unspecified atom stereocenters. The van der Waals surface area contributed by atoms with E-state index in [9.17, 15) is 19.5 Å². The fraction of sp³-hybridized carbons (Fsp3) is 0.0625. The van der Waals surface area contributed by atoms with Crippen LogP contribution in [-0.2, 0) is 0 Å². The van der Waals surface area contributed by atoms with Gasteiger partial charge >= 0.3 is 5.69 Å². The lowest BCUT2D eigenvalue weighted by molar-refractivity contribution is 0.432.